The van der Waals surface area contributed by atoms with Crippen molar-refractivity contribution in [3.63, 3.8) is 0 Å². The number of hydrogen-bond acceptors (Lipinski definition) is 3. The smallest absolute Gasteiger partial charge is 0.129 e. The summed E-state index contributed by atoms with van der Waals surface area (Å²) < 4.78 is 0. The molecule has 0 saturated heterocycles. The molecular weight excluding hydrogens is 172 g/mol. The van der Waals surface area contributed by atoms with Gasteiger partial charge >= 0.3 is 0 Å². The number of rotatable bonds is 0. The molecule has 4 heteroatoms. The van der Waals surface area contributed by atoms with Gasteiger partial charge in [-0.3, -0.25) is 0 Å². The average Bonchev–Trinajstić information content (AvgIpc) is 1.80. The van der Waals surface area contributed by atoms with E-state index in [0.29, 0.717) is 0 Å². The summed E-state index contributed by atoms with van der Waals surface area (Å²) >= 11 is 0. The Morgan fingerprint density at radius 2 is 1.67 bits per heavy atom. The lowest BCUT2D eigenvalue weighted by molar-refractivity contribution is -0.415. The zero-order chi connectivity index (χ0) is 10.2. The predicted molar refractivity (Wildman–Crippen MR) is 46.8 cm³/mol. The minimum Gasteiger partial charge on any atom is -0.652 e. The minimum atomic E-state index is -2.33. The maximum Gasteiger partial charge on any atom is 0.129 e. The van der Waals surface area contributed by atoms with E-state index >= 15 is 0 Å². The summed E-state index contributed by atoms with van der Waals surface area (Å²) in [5.74, 6) is 3.10. The molecule has 0 aromatic carbocycles. The van der Waals surface area contributed by atoms with Crippen molar-refractivity contribution in [1.82, 2.24) is 0 Å². The molecule has 0 radical (unpaired) electrons. The molecule has 0 atom stereocenters. The molecule has 0 aliphatic carbocycles. The van der Waals surface area contributed by atoms with Gasteiger partial charge < -0.3 is 15.0 Å². The van der Waals surface area contributed by atoms with Crippen LogP contribution in [0.15, 0.2) is 0 Å². The lowest BCUT2D eigenvalue weighted by atomic mass is 10.5. The van der Waals surface area contributed by atoms with E-state index in [1.807, 2.05) is 0 Å². The van der Waals surface area contributed by atoms with Crippen molar-refractivity contribution in [1.29, 1.82) is 0 Å². The predicted octanol–water partition coefficient (Wildman–Crippen LogP) is -0.170. The molecule has 12 heavy (non-hydrogen) atoms. The zero-order valence-corrected chi connectivity index (χ0v) is 8.93. The molecule has 0 N–H and O–H groups in total. The highest BCUT2D eigenvalue weighted by atomic mass is 28.3. The third-order valence-corrected chi connectivity index (χ3v) is 1.57. The van der Waals surface area contributed by atoms with Crippen LogP contribution in [0, 0.1) is 11.5 Å². The van der Waals surface area contributed by atoms with Crippen molar-refractivity contribution in [2.45, 2.75) is 33.0 Å². The van der Waals surface area contributed by atoms with E-state index < -0.39 is 14.2 Å². The van der Waals surface area contributed by atoms with E-state index in [0.717, 1.165) is 6.42 Å². The van der Waals surface area contributed by atoms with E-state index in [-0.39, 0.29) is 0 Å². The van der Waals surface area contributed by atoms with Crippen molar-refractivity contribution in [3.05, 3.63) is 0 Å². The quantitative estimate of drug-likeness (QED) is 0.390. The van der Waals surface area contributed by atoms with E-state index in [1.54, 1.807) is 0 Å². The highest BCUT2D eigenvalue weighted by Gasteiger charge is 2.06. The van der Waals surface area contributed by atoms with Crippen LogP contribution in [-0.4, -0.2) is 14.2 Å². The van der Waals surface area contributed by atoms with Crippen LogP contribution in [0.2, 0.25) is 19.6 Å². The van der Waals surface area contributed by atoms with Gasteiger partial charge in [-0.05, 0) is 6.16 Å². The Morgan fingerprint density at radius 1 is 1.33 bits per heavy atom. The van der Waals surface area contributed by atoms with Gasteiger partial charge in [-0.1, -0.05) is 26.6 Å². The van der Waals surface area contributed by atoms with E-state index in [1.165, 1.54) is 0 Å². The summed E-state index contributed by atoms with van der Waals surface area (Å²) in [5, 5.41) is 16.7. The minimum absolute atomic E-state index is 1.00. The monoisotopic (exact) mass is 186 g/mol. The van der Waals surface area contributed by atoms with Gasteiger partial charge in [0.25, 0.3) is 0 Å². The maximum absolute atomic E-state index is 8.33. The summed E-state index contributed by atoms with van der Waals surface area (Å²) in [6, 6.07) is 0. The molecule has 70 valence electrons. The molecule has 0 spiro atoms. The Hall–Kier alpha value is -0.953. The fraction of sp³-hybridized carbons (Fsp3) is 0.625. The lowest BCUT2D eigenvalue weighted by Crippen LogP contribution is -2.37. The van der Waals surface area contributed by atoms with Gasteiger partial charge in [0.05, 0.1) is 0 Å². The average molecular weight is 186 g/mol. The first kappa shape index (κ1) is 13.6. The fourth-order valence-corrected chi connectivity index (χ4v) is 1.06. The summed E-state index contributed by atoms with van der Waals surface area (Å²) in [6.07, 6.45) is -1.33. The van der Waals surface area contributed by atoms with Crippen LogP contribution < -0.4 is 10.2 Å². The Bertz CT molecular complexity index is 179. The van der Waals surface area contributed by atoms with E-state index in [2.05, 4.69) is 38.0 Å². The van der Waals surface area contributed by atoms with Gasteiger partial charge in [-0.15, -0.1) is 11.5 Å². The van der Waals surface area contributed by atoms with E-state index in [4.69, 9.17) is 15.0 Å². The second-order valence-electron chi connectivity index (χ2n) is 3.16. The molecule has 0 amide bonds. The largest absolute Gasteiger partial charge is 0.652 e. The summed E-state index contributed by atoms with van der Waals surface area (Å²) in [4.78, 5) is 8.33. The first-order valence-corrected chi connectivity index (χ1v) is 7.17. The van der Waals surface area contributed by atoms with Gasteiger partial charge in [-0.25, -0.2) is 0 Å². The molecule has 0 heterocycles. The molecule has 0 aromatic heterocycles. The van der Waals surface area contributed by atoms with Crippen molar-refractivity contribution in [2.24, 2.45) is 0 Å². The second kappa shape index (κ2) is 6.74. The number of carbonyl (C=O) groups is 1. The molecule has 0 rings (SSSR count). The van der Waals surface area contributed by atoms with Crippen LogP contribution in [0.5, 0.6) is 0 Å². The molecule has 0 aromatic rings. The van der Waals surface area contributed by atoms with Crippen LogP contribution >= 0.6 is 0 Å². The van der Waals surface area contributed by atoms with E-state index in [9.17, 15) is 0 Å². The second-order valence-corrected chi connectivity index (χ2v) is 7.91. The lowest BCUT2D eigenvalue weighted by Gasteiger charge is -2.02. The Kier molecular flexibility index (Phi) is 7.65. The summed E-state index contributed by atoms with van der Waals surface area (Å²) in [5.41, 5.74) is 3.26. The summed E-state index contributed by atoms with van der Waals surface area (Å²) in [7, 11) is -1.04. The number of hydrogen-bond donors (Lipinski definition) is 0. The van der Waals surface area contributed by atoms with Gasteiger partial charge in [0.15, 0.2) is 0 Å². The number of carbonyl (C=O) groups excluding carboxylic acids is 1. The standard InChI is InChI=1S/C7H14Si.CH2O3/c1-5-6-7-8(2,3)4;2-1(3)4/h5H2,1-4H3;(H2,2,3,4)/p-2. The van der Waals surface area contributed by atoms with Crippen LogP contribution in [0.1, 0.15) is 13.3 Å². The van der Waals surface area contributed by atoms with Crippen molar-refractivity contribution in [2.75, 3.05) is 0 Å². The van der Waals surface area contributed by atoms with Crippen LogP contribution in [0.4, 0.5) is 4.79 Å². The molecule has 0 saturated carbocycles. The molecule has 3 nitrogen and oxygen atoms in total. The maximum atomic E-state index is 8.33. The van der Waals surface area contributed by atoms with Crippen LogP contribution in [-0.2, 0) is 0 Å². The van der Waals surface area contributed by atoms with Gasteiger partial charge in [0, 0.05) is 6.42 Å². The summed E-state index contributed by atoms with van der Waals surface area (Å²) in [6.45, 7) is 8.87. The van der Waals surface area contributed by atoms with Gasteiger partial charge in [0.2, 0.25) is 0 Å². The molecular formula is C8H14O3Si-2. The Balaban J connectivity index is 0. The SMILES string of the molecule is CCC#C[Si](C)(C)C.O=C([O-])[O-]. The molecule has 0 bridgehead atoms. The Labute approximate surface area is 74.4 Å². The normalized spacial score (nSPS) is 8.67. The van der Waals surface area contributed by atoms with Crippen molar-refractivity contribution < 1.29 is 15.0 Å². The molecule has 0 aliphatic rings. The number of carboxylic acid groups (broad SMARTS) is 2. The topological polar surface area (TPSA) is 63.2 Å². The fourth-order valence-electron chi connectivity index (χ4n) is 0.354. The van der Waals surface area contributed by atoms with Crippen LogP contribution in [0.3, 0.4) is 0 Å². The first-order valence-electron chi connectivity index (χ1n) is 3.67. The first-order chi connectivity index (χ1) is 5.29. The molecule has 0 aliphatic heterocycles. The zero-order valence-electron chi connectivity index (χ0n) is 7.93. The third kappa shape index (κ3) is 35.8. The van der Waals surface area contributed by atoms with Gasteiger partial charge in [-0.2, -0.15) is 0 Å². The molecule has 0 unspecified atom stereocenters. The molecule has 0 fully saturated rings. The van der Waals surface area contributed by atoms with Crippen molar-refractivity contribution >= 4 is 14.2 Å². The highest BCUT2D eigenvalue weighted by molar-refractivity contribution is 6.83. The third-order valence-electron chi connectivity index (χ3n) is 0.640. The van der Waals surface area contributed by atoms with Gasteiger partial charge in [0.1, 0.15) is 8.07 Å². The van der Waals surface area contributed by atoms with Crippen molar-refractivity contribution in [3.8, 4) is 11.5 Å². The van der Waals surface area contributed by atoms with Crippen LogP contribution in [0.25, 0.3) is 0 Å². The Morgan fingerprint density at radius 3 is 1.75 bits per heavy atom. The highest BCUT2D eigenvalue weighted by Crippen LogP contribution is 1.95.